The lowest BCUT2D eigenvalue weighted by Gasteiger charge is -2.13. The van der Waals surface area contributed by atoms with Crippen LogP contribution in [-0.4, -0.2) is 44.4 Å². The summed E-state index contributed by atoms with van der Waals surface area (Å²) >= 11 is 13.9. The van der Waals surface area contributed by atoms with E-state index in [9.17, 15) is 14.4 Å². The summed E-state index contributed by atoms with van der Waals surface area (Å²) in [6.07, 6.45) is 1.34. The van der Waals surface area contributed by atoms with Gasteiger partial charge in [-0.15, -0.1) is 0 Å². The molecule has 0 radical (unpaired) electrons. The number of fused-ring (bicyclic) bond motifs is 1. The second-order valence-electron chi connectivity index (χ2n) is 8.10. The average molecular weight is 699 g/mol. The lowest BCUT2D eigenvalue weighted by molar-refractivity contribution is -0.139. The van der Waals surface area contributed by atoms with Gasteiger partial charge in [-0.25, -0.2) is 5.43 Å². The Labute approximate surface area is 252 Å². The molecule has 0 atom stereocenters. The lowest BCUT2D eigenvalue weighted by Crippen LogP contribution is -2.37. The Bertz CT molecular complexity index is 1470. The molecule has 3 amide bonds. The third-order valence-corrected chi connectivity index (χ3v) is 6.46. The lowest BCUT2D eigenvalue weighted by atomic mass is 10.2. The molecule has 1 aliphatic heterocycles. The van der Waals surface area contributed by atoms with E-state index < -0.39 is 17.7 Å². The number of ether oxygens (including phenoxy) is 4. The first-order valence-electron chi connectivity index (χ1n) is 11.5. The molecule has 0 aromatic heterocycles. The van der Waals surface area contributed by atoms with Gasteiger partial charge in [-0.2, -0.15) is 5.10 Å². The predicted molar refractivity (Wildman–Crippen MR) is 156 cm³/mol. The van der Waals surface area contributed by atoms with Crippen LogP contribution in [0.2, 0.25) is 10.0 Å². The van der Waals surface area contributed by atoms with E-state index in [0.717, 1.165) is 5.56 Å². The number of benzene rings is 3. The number of carbonyl (C=O) groups excluding carboxylic acids is 3. The summed E-state index contributed by atoms with van der Waals surface area (Å²) in [4.78, 5) is 36.6. The van der Waals surface area contributed by atoms with Gasteiger partial charge in [0, 0.05) is 22.3 Å². The van der Waals surface area contributed by atoms with E-state index in [1.165, 1.54) is 13.3 Å². The Balaban J connectivity index is 1.29. The Kier molecular flexibility index (Phi) is 9.90. The second kappa shape index (κ2) is 13.5. The second-order valence-corrected chi connectivity index (χ2v) is 10.1. The number of anilines is 1. The molecule has 14 heteroatoms. The summed E-state index contributed by atoms with van der Waals surface area (Å²) in [5.74, 6) is -0.353. The van der Waals surface area contributed by atoms with Crippen molar-refractivity contribution in [1.29, 1.82) is 0 Å². The average Bonchev–Trinajstić information content (AvgIpc) is 3.38. The molecule has 3 N–H and O–H groups in total. The minimum atomic E-state index is -0.939. The van der Waals surface area contributed by atoms with Crippen LogP contribution in [0.25, 0.3) is 0 Å². The number of hydrogen-bond acceptors (Lipinski definition) is 8. The van der Waals surface area contributed by atoms with Crippen molar-refractivity contribution in [2.75, 3.05) is 25.8 Å². The normalized spacial score (nSPS) is 11.7. The van der Waals surface area contributed by atoms with E-state index >= 15 is 0 Å². The van der Waals surface area contributed by atoms with E-state index in [2.05, 4.69) is 21.2 Å². The summed E-state index contributed by atoms with van der Waals surface area (Å²) in [5, 5.41) is 9.78. The van der Waals surface area contributed by atoms with Crippen LogP contribution < -0.4 is 35.0 Å². The van der Waals surface area contributed by atoms with Crippen molar-refractivity contribution in [3.63, 3.8) is 0 Å². The smallest absolute Gasteiger partial charge is 0.329 e. The highest BCUT2D eigenvalue weighted by Crippen LogP contribution is 2.34. The van der Waals surface area contributed by atoms with E-state index in [4.69, 9.17) is 42.1 Å². The predicted octanol–water partition coefficient (Wildman–Crippen LogP) is 4.12. The number of amides is 3. The fourth-order valence-corrected chi connectivity index (χ4v) is 4.75. The summed E-state index contributed by atoms with van der Waals surface area (Å²) < 4.78 is 22.2. The Hall–Kier alpha value is -3.75. The van der Waals surface area contributed by atoms with Gasteiger partial charge in [0.2, 0.25) is 6.79 Å². The van der Waals surface area contributed by atoms with Crippen LogP contribution in [0.15, 0.2) is 53.6 Å². The number of nitrogens with zero attached hydrogens (tertiary/aromatic N) is 1. The minimum Gasteiger partial charge on any atom is -0.493 e. The number of hydrogen-bond donors (Lipinski definition) is 3. The van der Waals surface area contributed by atoms with Crippen molar-refractivity contribution in [3.8, 4) is 23.0 Å². The maximum Gasteiger partial charge on any atom is 0.329 e. The standard InChI is InChI=1S/C26H21Cl2IN4O7/c1-37-22-6-15(4-19(29)24(22)38-12-23(34)32-18-8-16(27)7-17(28)9-18)11-31-33-26(36)25(35)30-10-14-2-3-20-21(5-14)40-13-39-20/h2-9,11H,10,12-13H2,1H3,(H,30,35)(H,32,34)(H,33,36)/b31-11-. The zero-order valence-corrected chi connectivity index (χ0v) is 24.4. The van der Waals surface area contributed by atoms with Crippen LogP contribution in [0.5, 0.6) is 23.0 Å². The van der Waals surface area contributed by atoms with Crippen LogP contribution in [-0.2, 0) is 20.9 Å². The largest absolute Gasteiger partial charge is 0.493 e. The summed E-state index contributed by atoms with van der Waals surface area (Å²) in [7, 11) is 1.44. The fourth-order valence-electron chi connectivity index (χ4n) is 3.44. The molecule has 1 heterocycles. The minimum absolute atomic E-state index is 0.119. The highest BCUT2D eigenvalue weighted by Gasteiger charge is 2.17. The summed E-state index contributed by atoms with van der Waals surface area (Å²) in [6.45, 7) is -0.0417. The number of methoxy groups -OCH3 is 1. The molecule has 11 nitrogen and oxygen atoms in total. The van der Waals surface area contributed by atoms with Crippen LogP contribution in [0.3, 0.4) is 0 Å². The van der Waals surface area contributed by atoms with Crippen LogP contribution in [0.1, 0.15) is 11.1 Å². The molecule has 0 spiro atoms. The van der Waals surface area contributed by atoms with Gasteiger partial charge in [-0.1, -0.05) is 29.3 Å². The van der Waals surface area contributed by atoms with Gasteiger partial charge >= 0.3 is 11.8 Å². The number of hydrazone groups is 1. The molecule has 0 unspecified atom stereocenters. The summed E-state index contributed by atoms with van der Waals surface area (Å²) in [5.41, 5.74) is 3.90. The first kappa shape index (κ1) is 29.2. The quantitative estimate of drug-likeness (QED) is 0.132. The van der Waals surface area contributed by atoms with Crippen molar-refractivity contribution in [3.05, 3.63) is 73.3 Å². The third-order valence-electron chi connectivity index (χ3n) is 5.22. The van der Waals surface area contributed by atoms with Gasteiger partial charge in [0.25, 0.3) is 5.91 Å². The SMILES string of the molecule is COc1cc(/C=N\NC(=O)C(=O)NCc2ccc3c(c2)OCO3)cc(I)c1OCC(=O)Nc1cc(Cl)cc(Cl)c1. The van der Waals surface area contributed by atoms with Gasteiger partial charge in [-0.05, 0) is 76.2 Å². The molecule has 0 fully saturated rings. The number of carbonyl (C=O) groups is 3. The molecule has 4 rings (SSSR count). The zero-order valence-electron chi connectivity index (χ0n) is 20.8. The molecule has 208 valence electrons. The molecule has 0 saturated carbocycles. The zero-order chi connectivity index (χ0) is 28.6. The van der Waals surface area contributed by atoms with Crippen molar-refractivity contribution in [1.82, 2.24) is 10.7 Å². The van der Waals surface area contributed by atoms with Gasteiger partial charge < -0.3 is 29.6 Å². The Morgan fingerprint density at radius 2 is 1.77 bits per heavy atom. The molecule has 3 aromatic carbocycles. The molecule has 1 aliphatic rings. The van der Waals surface area contributed by atoms with Crippen molar-refractivity contribution in [2.45, 2.75) is 6.54 Å². The van der Waals surface area contributed by atoms with E-state index in [1.54, 1.807) is 48.5 Å². The molecule has 0 bridgehead atoms. The van der Waals surface area contributed by atoms with Crippen LogP contribution in [0, 0.1) is 3.57 Å². The topological polar surface area (TPSA) is 137 Å². The van der Waals surface area contributed by atoms with Crippen LogP contribution >= 0.6 is 45.8 Å². The van der Waals surface area contributed by atoms with Gasteiger partial charge in [0.15, 0.2) is 29.6 Å². The van der Waals surface area contributed by atoms with E-state index in [0.29, 0.717) is 47.9 Å². The fraction of sp³-hybridized carbons (Fsp3) is 0.154. The van der Waals surface area contributed by atoms with E-state index in [1.807, 2.05) is 22.6 Å². The van der Waals surface area contributed by atoms with Crippen molar-refractivity contribution in [2.24, 2.45) is 5.10 Å². The molecule has 40 heavy (non-hydrogen) atoms. The van der Waals surface area contributed by atoms with E-state index in [-0.39, 0.29) is 19.9 Å². The first-order chi connectivity index (χ1) is 19.2. The maximum atomic E-state index is 12.3. The van der Waals surface area contributed by atoms with Crippen molar-refractivity contribution < 1.29 is 33.3 Å². The first-order valence-corrected chi connectivity index (χ1v) is 13.3. The van der Waals surface area contributed by atoms with Gasteiger partial charge in [-0.3, -0.25) is 14.4 Å². The molecular weight excluding hydrogens is 678 g/mol. The summed E-state index contributed by atoms with van der Waals surface area (Å²) in [6, 6.07) is 13.2. The van der Waals surface area contributed by atoms with Crippen LogP contribution in [0.4, 0.5) is 5.69 Å². The molecule has 0 saturated heterocycles. The highest BCUT2D eigenvalue weighted by molar-refractivity contribution is 14.1. The molecular formula is C26H21Cl2IN4O7. The monoisotopic (exact) mass is 698 g/mol. The Morgan fingerprint density at radius 3 is 2.52 bits per heavy atom. The number of halogens is 3. The number of rotatable bonds is 9. The molecule has 0 aliphatic carbocycles. The van der Waals surface area contributed by atoms with Gasteiger partial charge in [0.1, 0.15) is 0 Å². The number of nitrogens with one attached hydrogen (secondary N) is 3. The van der Waals surface area contributed by atoms with Crippen molar-refractivity contribution >= 4 is 75.4 Å². The highest BCUT2D eigenvalue weighted by atomic mass is 127. The Morgan fingerprint density at radius 1 is 1.02 bits per heavy atom. The third kappa shape index (κ3) is 7.90. The van der Waals surface area contributed by atoms with Gasteiger partial charge in [0.05, 0.1) is 16.9 Å². The maximum absolute atomic E-state index is 12.3. The molecule has 3 aromatic rings.